The van der Waals surface area contributed by atoms with Gasteiger partial charge in [0.05, 0.1) is 10.4 Å². The number of benzene rings is 1. The summed E-state index contributed by atoms with van der Waals surface area (Å²) in [6, 6.07) is 9.89. The van der Waals surface area contributed by atoms with Crippen molar-refractivity contribution in [3.05, 3.63) is 63.3 Å². The van der Waals surface area contributed by atoms with Crippen molar-refractivity contribution in [3.8, 4) is 0 Å². The highest BCUT2D eigenvalue weighted by Gasteiger charge is 2.10. The Morgan fingerprint density at radius 1 is 1.18 bits per heavy atom. The number of halogens is 3. The molecule has 0 spiro atoms. The van der Waals surface area contributed by atoms with Crippen molar-refractivity contribution < 1.29 is 0 Å². The maximum atomic E-state index is 6.37. The first-order valence-corrected chi connectivity index (χ1v) is 6.75. The van der Waals surface area contributed by atoms with Crippen molar-refractivity contribution in [2.45, 2.75) is 11.8 Å². The van der Waals surface area contributed by atoms with Crippen molar-refractivity contribution in [1.82, 2.24) is 4.98 Å². The van der Waals surface area contributed by atoms with Crippen LogP contribution in [-0.4, -0.2) is 4.98 Å². The number of pyridine rings is 1. The zero-order chi connectivity index (χ0) is 12.3. The first-order chi connectivity index (χ1) is 8.16. The molecule has 0 radical (unpaired) electrons. The zero-order valence-corrected chi connectivity index (χ0v) is 12.0. The number of hydrogen-bond donors (Lipinski definition) is 0. The summed E-state index contributed by atoms with van der Waals surface area (Å²) in [7, 11) is 0. The fourth-order valence-electron chi connectivity index (χ4n) is 1.55. The Bertz CT molecular complexity index is 499. The van der Waals surface area contributed by atoms with Crippen LogP contribution in [0.15, 0.2) is 47.2 Å². The Labute approximate surface area is 119 Å². The molecule has 0 aliphatic rings. The third-order valence-corrected chi connectivity index (χ3v) is 3.76. The predicted octanol–water partition coefficient (Wildman–Crippen LogP) is 5.02. The summed E-state index contributed by atoms with van der Waals surface area (Å²) in [4.78, 5) is 3.96. The van der Waals surface area contributed by atoms with Gasteiger partial charge in [0.25, 0.3) is 0 Å². The van der Waals surface area contributed by atoms with Crippen LogP contribution in [0.1, 0.15) is 16.5 Å². The SMILES string of the molecule is Clc1cnccc1CC(Cl)c1ccc(Br)cc1. The first-order valence-electron chi connectivity index (χ1n) is 5.15. The van der Waals surface area contributed by atoms with Gasteiger partial charge in [0, 0.05) is 16.9 Å². The molecule has 2 rings (SSSR count). The van der Waals surface area contributed by atoms with E-state index in [4.69, 9.17) is 23.2 Å². The Morgan fingerprint density at radius 2 is 1.88 bits per heavy atom. The summed E-state index contributed by atoms with van der Waals surface area (Å²) in [6.45, 7) is 0. The highest BCUT2D eigenvalue weighted by atomic mass is 79.9. The fraction of sp³-hybridized carbons (Fsp3) is 0.154. The van der Waals surface area contributed by atoms with Gasteiger partial charge < -0.3 is 0 Å². The Morgan fingerprint density at radius 3 is 2.53 bits per heavy atom. The van der Waals surface area contributed by atoms with Gasteiger partial charge in [-0.25, -0.2) is 0 Å². The highest BCUT2D eigenvalue weighted by molar-refractivity contribution is 9.10. The van der Waals surface area contributed by atoms with E-state index in [2.05, 4.69) is 20.9 Å². The number of hydrogen-bond acceptors (Lipinski definition) is 1. The molecule has 4 heteroatoms. The number of alkyl halides is 1. The fourth-order valence-corrected chi connectivity index (χ4v) is 2.32. The maximum Gasteiger partial charge on any atom is 0.0626 e. The van der Waals surface area contributed by atoms with E-state index in [1.165, 1.54) is 0 Å². The van der Waals surface area contributed by atoms with Crippen molar-refractivity contribution in [1.29, 1.82) is 0 Å². The van der Waals surface area contributed by atoms with Crippen LogP contribution in [-0.2, 0) is 6.42 Å². The van der Waals surface area contributed by atoms with Crippen molar-refractivity contribution >= 4 is 39.1 Å². The van der Waals surface area contributed by atoms with Crippen molar-refractivity contribution in [3.63, 3.8) is 0 Å². The topological polar surface area (TPSA) is 12.9 Å². The number of nitrogens with zero attached hydrogens (tertiary/aromatic N) is 1. The monoisotopic (exact) mass is 329 g/mol. The molecule has 1 aromatic heterocycles. The first kappa shape index (κ1) is 12.9. The molecular weight excluding hydrogens is 321 g/mol. The van der Waals surface area contributed by atoms with Gasteiger partial charge in [-0.15, -0.1) is 11.6 Å². The van der Waals surface area contributed by atoms with Gasteiger partial charge in [0.15, 0.2) is 0 Å². The molecule has 1 heterocycles. The van der Waals surface area contributed by atoms with Crippen LogP contribution in [0.3, 0.4) is 0 Å². The zero-order valence-electron chi connectivity index (χ0n) is 8.91. The maximum absolute atomic E-state index is 6.37. The van der Waals surface area contributed by atoms with E-state index >= 15 is 0 Å². The van der Waals surface area contributed by atoms with Crippen LogP contribution in [0, 0.1) is 0 Å². The van der Waals surface area contributed by atoms with E-state index in [9.17, 15) is 0 Å². The van der Waals surface area contributed by atoms with E-state index in [0.717, 1.165) is 15.6 Å². The molecule has 0 bridgehead atoms. The number of aromatic nitrogens is 1. The highest BCUT2D eigenvalue weighted by Crippen LogP contribution is 2.28. The molecule has 0 amide bonds. The van der Waals surface area contributed by atoms with E-state index in [0.29, 0.717) is 11.4 Å². The summed E-state index contributed by atoms with van der Waals surface area (Å²) in [6.07, 6.45) is 4.07. The molecule has 1 nitrogen and oxygen atoms in total. The van der Waals surface area contributed by atoms with E-state index < -0.39 is 0 Å². The van der Waals surface area contributed by atoms with Crippen molar-refractivity contribution in [2.24, 2.45) is 0 Å². The third-order valence-electron chi connectivity index (χ3n) is 2.49. The summed E-state index contributed by atoms with van der Waals surface area (Å²) in [5, 5.41) is 0.582. The largest absolute Gasteiger partial charge is 0.263 e. The molecule has 0 saturated heterocycles. The summed E-state index contributed by atoms with van der Waals surface area (Å²) < 4.78 is 1.05. The van der Waals surface area contributed by atoms with Gasteiger partial charge >= 0.3 is 0 Å². The average molecular weight is 331 g/mol. The summed E-state index contributed by atoms with van der Waals surface area (Å²) in [5.74, 6) is 0. The van der Waals surface area contributed by atoms with E-state index in [1.54, 1.807) is 12.4 Å². The minimum Gasteiger partial charge on any atom is -0.263 e. The van der Waals surface area contributed by atoms with Gasteiger partial charge in [0.2, 0.25) is 0 Å². The Balaban J connectivity index is 2.14. The molecule has 0 aliphatic heterocycles. The quantitative estimate of drug-likeness (QED) is 0.720. The van der Waals surface area contributed by atoms with Gasteiger partial charge in [-0.05, 0) is 35.7 Å². The molecule has 0 aliphatic carbocycles. The number of rotatable bonds is 3. The van der Waals surface area contributed by atoms with Crippen molar-refractivity contribution in [2.75, 3.05) is 0 Å². The van der Waals surface area contributed by atoms with Gasteiger partial charge in [-0.3, -0.25) is 4.98 Å². The van der Waals surface area contributed by atoms with Crippen LogP contribution < -0.4 is 0 Å². The Hall–Kier alpha value is -0.570. The molecule has 1 atom stereocenters. The van der Waals surface area contributed by atoms with E-state index in [1.807, 2.05) is 30.3 Å². The standard InChI is InChI=1S/C13H10BrCl2N/c14-11-3-1-9(2-4-11)12(15)7-10-5-6-17-8-13(10)16/h1-6,8,12H,7H2. The predicted molar refractivity (Wildman–Crippen MR) is 75.7 cm³/mol. The Kier molecular flexibility index (Phi) is 4.43. The molecule has 0 N–H and O–H groups in total. The normalized spacial score (nSPS) is 12.4. The lowest BCUT2D eigenvalue weighted by molar-refractivity contribution is 0.916. The van der Waals surface area contributed by atoms with Crippen LogP contribution >= 0.6 is 39.1 Å². The molecule has 88 valence electrons. The molecule has 0 fully saturated rings. The second kappa shape index (κ2) is 5.85. The summed E-state index contributed by atoms with van der Waals surface area (Å²) >= 11 is 15.8. The van der Waals surface area contributed by atoms with Crippen LogP contribution in [0.5, 0.6) is 0 Å². The van der Waals surface area contributed by atoms with Crippen LogP contribution in [0.4, 0.5) is 0 Å². The van der Waals surface area contributed by atoms with E-state index in [-0.39, 0.29) is 5.38 Å². The second-order valence-corrected chi connectivity index (χ2v) is 5.54. The minimum absolute atomic E-state index is 0.0806. The van der Waals surface area contributed by atoms with Gasteiger partial charge in [-0.2, -0.15) is 0 Å². The van der Waals surface area contributed by atoms with Crippen LogP contribution in [0.2, 0.25) is 5.02 Å². The smallest absolute Gasteiger partial charge is 0.0626 e. The average Bonchev–Trinajstić information content (AvgIpc) is 2.33. The van der Waals surface area contributed by atoms with Gasteiger partial charge in [0.1, 0.15) is 0 Å². The molecule has 2 aromatic rings. The lowest BCUT2D eigenvalue weighted by Crippen LogP contribution is -1.96. The molecule has 1 unspecified atom stereocenters. The molecule has 1 aromatic carbocycles. The summed E-state index contributed by atoms with van der Waals surface area (Å²) in [5.41, 5.74) is 2.10. The second-order valence-electron chi connectivity index (χ2n) is 3.69. The lowest BCUT2D eigenvalue weighted by Gasteiger charge is -2.11. The van der Waals surface area contributed by atoms with Crippen LogP contribution in [0.25, 0.3) is 0 Å². The molecule has 17 heavy (non-hydrogen) atoms. The minimum atomic E-state index is -0.0806. The molecule has 0 saturated carbocycles. The van der Waals surface area contributed by atoms with Gasteiger partial charge in [-0.1, -0.05) is 39.7 Å². The molecular formula is C13H10BrCl2N. The lowest BCUT2D eigenvalue weighted by atomic mass is 10.1. The third kappa shape index (κ3) is 3.44.